The summed E-state index contributed by atoms with van der Waals surface area (Å²) in [6, 6.07) is 6.77. The fraction of sp³-hybridized carbons (Fsp3) is 0.125. The smallest absolute Gasteiger partial charge is 0.255 e. The molecule has 2 aromatic rings. The Balaban J connectivity index is 1.87. The third-order valence-corrected chi connectivity index (χ3v) is 3.59. The minimum Gasteiger partial charge on any atom is -0.366 e. The number of carbonyl (C=O) groups excluding carboxylic acids is 3. The third kappa shape index (κ3) is 2.89. The standard InChI is InChI=1S/C16H15N5O3/c1-10(22)20-9-12(8-15(20)23)19-11-3-4-14(13(7-11)16(17)24)21-6-2-5-18-21/h2-8,19H,9H2,1H3,(H2,17,24). The van der Waals surface area contributed by atoms with Crippen LogP contribution in [0, 0.1) is 0 Å². The predicted molar refractivity (Wildman–Crippen MR) is 86.2 cm³/mol. The maximum atomic E-state index is 11.7. The maximum Gasteiger partial charge on any atom is 0.255 e. The lowest BCUT2D eigenvalue weighted by molar-refractivity contribution is -0.138. The fourth-order valence-corrected chi connectivity index (χ4v) is 2.47. The molecule has 1 aromatic carbocycles. The van der Waals surface area contributed by atoms with Crippen LogP contribution in [-0.4, -0.2) is 38.9 Å². The molecule has 1 aromatic heterocycles. The van der Waals surface area contributed by atoms with E-state index >= 15 is 0 Å². The third-order valence-electron chi connectivity index (χ3n) is 3.59. The summed E-state index contributed by atoms with van der Waals surface area (Å²) in [5.41, 5.74) is 7.45. The van der Waals surface area contributed by atoms with Gasteiger partial charge in [-0.15, -0.1) is 0 Å². The SMILES string of the molecule is CC(=O)N1CC(Nc2ccc(-n3cccn3)c(C(N)=O)c2)=CC1=O. The van der Waals surface area contributed by atoms with E-state index in [0.29, 0.717) is 17.1 Å². The molecule has 0 unspecified atom stereocenters. The van der Waals surface area contributed by atoms with E-state index in [0.717, 1.165) is 4.90 Å². The van der Waals surface area contributed by atoms with Gasteiger partial charge in [0.1, 0.15) is 0 Å². The number of nitrogens with zero attached hydrogens (tertiary/aromatic N) is 3. The summed E-state index contributed by atoms with van der Waals surface area (Å²) in [4.78, 5) is 35.9. The lowest BCUT2D eigenvalue weighted by atomic mass is 10.1. The molecule has 0 saturated carbocycles. The molecular weight excluding hydrogens is 310 g/mol. The second-order valence-electron chi connectivity index (χ2n) is 5.28. The Kier molecular flexibility index (Phi) is 3.87. The molecule has 0 atom stereocenters. The van der Waals surface area contributed by atoms with Crippen molar-refractivity contribution < 1.29 is 14.4 Å². The summed E-state index contributed by atoms with van der Waals surface area (Å²) in [5, 5.41) is 7.12. The van der Waals surface area contributed by atoms with E-state index in [1.54, 1.807) is 41.3 Å². The Bertz CT molecular complexity index is 855. The Morgan fingerprint density at radius 1 is 1.33 bits per heavy atom. The molecule has 0 radical (unpaired) electrons. The number of aromatic nitrogens is 2. The van der Waals surface area contributed by atoms with Gasteiger partial charge in [-0.1, -0.05) is 0 Å². The lowest BCUT2D eigenvalue weighted by Crippen LogP contribution is -2.31. The van der Waals surface area contributed by atoms with Crippen molar-refractivity contribution in [2.24, 2.45) is 5.73 Å². The number of nitrogens with two attached hydrogens (primary N) is 1. The molecule has 1 aliphatic heterocycles. The van der Waals surface area contributed by atoms with E-state index in [9.17, 15) is 14.4 Å². The highest BCUT2D eigenvalue weighted by molar-refractivity contribution is 6.03. The summed E-state index contributed by atoms with van der Waals surface area (Å²) in [5.74, 6) is -1.28. The Hall–Kier alpha value is -3.42. The van der Waals surface area contributed by atoms with Gasteiger partial charge in [0.25, 0.3) is 11.8 Å². The minimum atomic E-state index is -0.592. The number of benzene rings is 1. The van der Waals surface area contributed by atoms with Crippen molar-refractivity contribution in [1.29, 1.82) is 0 Å². The highest BCUT2D eigenvalue weighted by atomic mass is 16.2. The zero-order valence-electron chi connectivity index (χ0n) is 12.9. The molecule has 0 saturated heterocycles. The molecule has 122 valence electrons. The molecule has 3 amide bonds. The van der Waals surface area contributed by atoms with Crippen molar-refractivity contribution in [1.82, 2.24) is 14.7 Å². The van der Waals surface area contributed by atoms with Crippen LogP contribution in [0.25, 0.3) is 5.69 Å². The number of imide groups is 1. The topological polar surface area (TPSA) is 110 Å². The Morgan fingerprint density at radius 2 is 2.12 bits per heavy atom. The van der Waals surface area contributed by atoms with Crippen LogP contribution in [0.15, 0.2) is 48.4 Å². The zero-order chi connectivity index (χ0) is 17.3. The van der Waals surface area contributed by atoms with Crippen LogP contribution in [0.1, 0.15) is 17.3 Å². The van der Waals surface area contributed by atoms with Gasteiger partial charge in [-0.25, -0.2) is 4.68 Å². The van der Waals surface area contributed by atoms with Gasteiger partial charge in [-0.3, -0.25) is 19.3 Å². The van der Waals surface area contributed by atoms with Crippen molar-refractivity contribution in [2.45, 2.75) is 6.92 Å². The molecule has 0 spiro atoms. The number of carbonyl (C=O) groups is 3. The Morgan fingerprint density at radius 3 is 2.71 bits per heavy atom. The molecule has 3 N–H and O–H groups in total. The van der Waals surface area contributed by atoms with Crippen LogP contribution in [0.2, 0.25) is 0 Å². The summed E-state index contributed by atoms with van der Waals surface area (Å²) < 4.78 is 1.54. The molecular formula is C16H15N5O3. The molecule has 1 aliphatic rings. The number of amides is 3. The van der Waals surface area contributed by atoms with Gasteiger partial charge in [-0.2, -0.15) is 5.10 Å². The second kappa shape index (κ2) is 5.99. The molecule has 2 heterocycles. The highest BCUT2D eigenvalue weighted by Gasteiger charge is 2.24. The van der Waals surface area contributed by atoms with Gasteiger partial charge in [-0.05, 0) is 24.3 Å². The number of hydrogen-bond acceptors (Lipinski definition) is 5. The first-order chi connectivity index (χ1) is 11.5. The molecule has 3 rings (SSSR count). The van der Waals surface area contributed by atoms with Crippen molar-refractivity contribution in [3.05, 3.63) is 54.0 Å². The molecule has 0 aliphatic carbocycles. The van der Waals surface area contributed by atoms with Gasteiger partial charge >= 0.3 is 0 Å². The van der Waals surface area contributed by atoms with Crippen molar-refractivity contribution in [3.63, 3.8) is 0 Å². The van der Waals surface area contributed by atoms with Gasteiger partial charge in [0.2, 0.25) is 5.91 Å². The van der Waals surface area contributed by atoms with Crippen molar-refractivity contribution in [3.8, 4) is 5.69 Å². The first-order valence-corrected chi connectivity index (χ1v) is 7.19. The van der Waals surface area contributed by atoms with E-state index in [1.807, 2.05) is 0 Å². The van der Waals surface area contributed by atoms with Crippen LogP contribution < -0.4 is 11.1 Å². The summed E-state index contributed by atoms with van der Waals surface area (Å²) >= 11 is 0. The van der Waals surface area contributed by atoms with Crippen LogP contribution in [-0.2, 0) is 9.59 Å². The van der Waals surface area contributed by atoms with Crippen LogP contribution in [0.4, 0.5) is 5.69 Å². The minimum absolute atomic E-state index is 0.168. The van der Waals surface area contributed by atoms with Gasteiger partial charge in [0, 0.05) is 36.8 Å². The van der Waals surface area contributed by atoms with Crippen molar-refractivity contribution in [2.75, 3.05) is 11.9 Å². The van der Waals surface area contributed by atoms with E-state index < -0.39 is 5.91 Å². The predicted octanol–water partition coefficient (Wildman–Crippen LogP) is 0.656. The quantitative estimate of drug-likeness (QED) is 0.858. The van der Waals surface area contributed by atoms with Crippen LogP contribution in [0.5, 0.6) is 0 Å². The molecule has 8 heteroatoms. The number of rotatable bonds is 4. The van der Waals surface area contributed by atoms with Gasteiger partial charge in [0.05, 0.1) is 17.8 Å². The van der Waals surface area contributed by atoms with E-state index in [1.165, 1.54) is 13.0 Å². The molecule has 0 bridgehead atoms. The number of anilines is 1. The monoisotopic (exact) mass is 325 g/mol. The van der Waals surface area contributed by atoms with Gasteiger partial charge in [0.15, 0.2) is 0 Å². The highest BCUT2D eigenvalue weighted by Crippen LogP contribution is 2.21. The molecule has 24 heavy (non-hydrogen) atoms. The average Bonchev–Trinajstić information content (AvgIpc) is 3.17. The van der Waals surface area contributed by atoms with E-state index in [2.05, 4.69) is 10.4 Å². The molecule has 8 nitrogen and oxygen atoms in total. The van der Waals surface area contributed by atoms with Crippen LogP contribution in [0.3, 0.4) is 0 Å². The summed E-state index contributed by atoms with van der Waals surface area (Å²) in [6.07, 6.45) is 4.66. The van der Waals surface area contributed by atoms with Crippen LogP contribution >= 0.6 is 0 Å². The first kappa shape index (κ1) is 15.5. The van der Waals surface area contributed by atoms with Crippen molar-refractivity contribution >= 4 is 23.4 Å². The Labute approximate surface area is 137 Å². The van der Waals surface area contributed by atoms with E-state index in [-0.39, 0.29) is 23.9 Å². The largest absolute Gasteiger partial charge is 0.366 e. The number of nitrogens with one attached hydrogen (secondary N) is 1. The first-order valence-electron chi connectivity index (χ1n) is 7.19. The van der Waals surface area contributed by atoms with E-state index in [4.69, 9.17) is 5.73 Å². The summed E-state index contributed by atoms with van der Waals surface area (Å²) in [7, 11) is 0. The van der Waals surface area contributed by atoms with Gasteiger partial charge < -0.3 is 11.1 Å². The zero-order valence-corrected chi connectivity index (χ0v) is 12.9. The lowest BCUT2D eigenvalue weighted by Gasteiger charge is -2.14. The number of primary amides is 1. The maximum absolute atomic E-state index is 11.7. The fourth-order valence-electron chi connectivity index (χ4n) is 2.47. The second-order valence-corrected chi connectivity index (χ2v) is 5.28. The average molecular weight is 325 g/mol. The number of hydrogen-bond donors (Lipinski definition) is 2. The molecule has 0 fully saturated rings. The summed E-state index contributed by atoms with van der Waals surface area (Å²) in [6.45, 7) is 1.50. The normalized spacial score (nSPS) is 13.8.